The normalized spacial score (nSPS) is 9.55. The molecule has 1 heterocycles. The molecule has 5 nitrogen and oxygen atoms in total. The van der Waals surface area contributed by atoms with Crippen molar-refractivity contribution in [1.82, 2.24) is 4.98 Å². The summed E-state index contributed by atoms with van der Waals surface area (Å²) in [5.74, 6) is -0.0399. The predicted molar refractivity (Wildman–Crippen MR) is 48.0 cm³/mol. The maximum atomic E-state index is 10.2. The first kappa shape index (κ1) is 8.18. The van der Waals surface area contributed by atoms with Gasteiger partial charge in [-0.2, -0.15) is 0 Å². The molecule has 0 saturated carbocycles. The van der Waals surface area contributed by atoms with Gasteiger partial charge in [-0.3, -0.25) is 10.1 Å². The summed E-state index contributed by atoms with van der Waals surface area (Å²) < 4.78 is 0.644. The van der Waals surface area contributed by atoms with E-state index in [1.54, 1.807) is 0 Å². The third kappa shape index (κ3) is 1.76. The second kappa shape index (κ2) is 2.99. The fourth-order valence-electron chi connectivity index (χ4n) is 0.597. The van der Waals surface area contributed by atoms with Gasteiger partial charge in [-0.15, -0.1) is 0 Å². The van der Waals surface area contributed by atoms with Gasteiger partial charge in [0.05, 0.1) is 4.92 Å². The summed E-state index contributed by atoms with van der Waals surface area (Å²) in [7, 11) is 0. The second-order valence-corrected chi connectivity index (χ2v) is 2.90. The minimum absolute atomic E-state index is 0.0399. The molecule has 1 aromatic rings. The predicted octanol–water partition coefficient (Wildman–Crippen LogP) is 1.18. The van der Waals surface area contributed by atoms with E-state index in [2.05, 4.69) is 4.98 Å². The van der Waals surface area contributed by atoms with E-state index in [0.29, 0.717) is 3.70 Å². The summed E-state index contributed by atoms with van der Waals surface area (Å²) >= 11 is 1.93. The molecule has 2 N–H and O–H groups in total. The van der Waals surface area contributed by atoms with E-state index in [4.69, 9.17) is 5.73 Å². The smallest absolute Gasteiger partial charge is 0.311 e. The molecule has 6 heteroatoms. The van der Waals surface area contributed by atoms with E-state index in [9.17, 15) is 10.1 Å². The van der Waals surface area contributed by atoms with E-state index in [0.717, 1.165) is 0 Å². The van der Waals surface area contributed by atoms with E-state index in [1.807, 2.05) is 22.6 Å². The standard InChI is InChI=1S/C5H4IN3O2/c6-4-2-1-3(9(10)11)5(7)8-4/h1-2H,(H2,7,8). The van der Waals surface area contributed by atoms with Crippen LogP contribution in [0.2, 0.25) is 0 Å². The highest BCUT2D eigenvalue weighted by Crippen LogP contribution is 2.18. The highest BCUT2D eigenvalue weighted by Gasteiger charge is 2.11. The molecule has 0 bridgehead atoms. The van der Waals surface area contributed by atoms with Gasteiger partial charge < -0.3 is 5.73 Å². The van der Waals surface area contributed by atoms with Crippen LogP contribution in [0.15, 0.2) is 12.1 Å². The second-order valence-electron chi connectivity index (χ2n) is 1.80. The number of halogens is 1. The highest BCUT2D eigenvalue weighted by atomic mass is 127. The lowest BCUT2D eigenvalue weighted by Gasteiger charge is -1.94. The lowest BCUT2D eigenvalue weighted by molar-refractivity contribution is -0.384. The number of nitro groups is 1. The minimum Gasteiger partial charge on any atom is -0.378 e. The Morgan fingerprint density at radius 1 is 1.64 bits per heavy atom. The molecular formula is C5H4IN3O2. The van der Waals surface area contributed by atoms with Gasteiger partial charge in [0.15, 0.2) is 0 Å². The molecule has 0 fully saturated rings. The van der Waals surface area contributed by atoms with E-state index in [1.165, 1.54) is 12.1 Å². The lowest BCUT2D eigenvalue weighted by Crippen LogP contribution is -1.98. The molecule has 1 rings (SSSR count). The third-order valence-corrected chi connectivity index (χ3v) is 1.67. The molecule has 0 aliphatic carbocycles. The Hall–Kier alpha value is -0.920. The highest BCUT2D eigenvalue weighted by molar-refractivity contribution is 14.1. The number of nitrogens with zero attached hydrogens (tertiary/aromatic N) is 2. The number of rotatable bonds is 1. The van der Waals surface area contributed by atoms with Crippen molar-refractivity contribution in [1.29, 1.82) is 0 Å². The number of aromatic nitrogens is 1. The van der Waals surface area contributed by atoms with Crippen LogP contribution >= 0.6 is 22.6 Å². The Labute approximate surface area is 75.9 Å². The van der Waals surface area contributed by atoms with Crippen LogP contribution in [0.5, 0.6) is 0 Å². The van der Waals surface area contributed by atoms with Crippen LogP contribution in [0.1, 0.15) is 0 Å². The van der Waals surface area contributed by atoms with Gasteiger partial charge >= 0.3 is 5.69 Å². The van der Waals surface area contributed by atoms with Crippen molar-refractivity contribution in [3.8, 4) is 0 Å². The van der Waals surface area contributed by atoms with Crippen molar-refractivity contribution < 1.29 is 4.92 Å². The zero-order valence-corrected chi connectivity index (χ0v) is 7.48. The molecule has 1 aromatic heterocycles. The first-order chi connectivity index (χ1) is 5.11. The molecule has 0 spiro atoms. The number of nitrogens with two attached hydrogens (primary N) is 1. The van der Waals surface area contributed by atoms with Crippen LogP contribution < -0.4 is 5.73 Å². The van der Waals surface area contributed by atoms with Crippen molar-refractivity contribution >= 4 is 34.1 Å². The van der Waals surface area contributed by atoms with Gasteiger partial charge in [-0.1, -0.05) is 0 Å². The van der Waals surface area contributed by atoms with Crippen molar-refractivity contribution in [2.45, 2.75) is 0 Å². The Morgan fingerprint density at radius 3 is 2.73 bits per heavy atom. The van der Waals surface area contributed by atoms with Crippen LogP contribution in [0.25, 0.3) is 0 Å². The summed E-state index contributed by atoms with van der Waals surface area (Å²) in [5, 5.41) is 10.2. The maximum Gasteiger partial charge on any atom is 0.311 e. The van der Waals surface area contributed by atoms with Gasteiger partial charge in [0.25, 0.3) is 0 Å². The van der Waals surface area contributed by atoms with Gasteiger partial charge in [0.2, 0.25) is 5.82 Å². The Morgan fingerprint density at radius 2 is 2.27 bits per heavy atom. The van der Waals surface area contributed by atoms with Crippen LogP contribution in [0.4, 0.5) is 11.5 Å². The number of hydrogen-bond acceptors (Lipinski definition) is 4. The molecule has 0 aliphatic heterocycles. The first-order valence-corrected chi connectivity index (χ1v) is 3.75. The summed E-state index contributed by atoms with van der Waals surface area (Å²) in [6.45, 7) is 0. The fourth-order valence-corrected chi connectivity index (χ4v) is 1.04. The van der Waals surface area contributed by atoms with Crippen LogP contribution in [0, 0.1) is 13.8 Å². The molecule has 0 atom stereocenters. The van der Waals surface area contributed by atoms with Crippen molar-refractivity contribution in [2.24, 2.45) is 0 Å². The first-order valence-electron chi connectivity index (χ1n) is 2.67. The number of nitrogen functional groups attached to an aromatic ring is 1. The molecule has 11 heavy (non-hydrogen) atoms. The van der Waals surface area contributed by atoms with E-state index < -0.39 is 4.92 Å². The number of hydrogen-bond donors (Lipinski definition) is 1. The third-order valence-electron chi connectivity index (χ3n) is 1.07. The lowest BCUT2D eigenvalue weighted by atomic mass is 10.4. The van der Waals surface area contributed by atoms with Gasteiger partial charge in [0.1, 0.15) is 3.70 Å². The zero-order valence-electron chi connectivity index (χ0n) is 5.32. The Kier molecular flexibility index (Phi) is 2.22. The molecule has 0 aromatic carbocycles. The van der Waals surface area contributed by atoms with Crippen molar-refractivity contribution in [3.05, 3.63) is 25.9 Å². The van der Waals surface area contributed by atoms with Gasteiger partial charge in [0, 0.05) is 6.07 Å². The fraction of sp³-hybridized carbons (Fsp3) is 0. The van der Waals surface area contributed by atoms with Crippen molar-refractivity contribution in [3.63, 3.8) is 0 Å². The van der Waals surface area contributed by atoms with Crippen LogP contribution in [0.3, 0.4) is 0 Å². The average Bonchev–Trinajstić information content (AvgIpc) is 1.85. The largest absolute Gasteiger partial charge is 0.378 e. The summed E-state index contributed by atoms with van der Waals surface area (Å²) in [4.78, 5) is 13.4. The summed E-state index contributed by atoms with van der Waals surface area (Å²) in [5.41, 5.74) is 5.12. The van der Waals surface area contributed by atoms with E-state index in [-0.39, 0.29) is 11.5 Å². The van der Waals surface area contributed by atoms with E-state index >= 15 is 0 Å². The zero-order chi connectivity index (χ0) is 8.43. The molecule has 0 radical (unpaired) electrons. The monoisotopic (exact) mass is 265 g/mol. The molecular weight excluding hydrogens is 261 g/mol. The van der Waals surface area contributed by atoms with Crippen LogP contribution in [-0.2, 0) is 0 Å². The van der Waals surface area contributed by atoms with Gasteiger partial charge in [-0.05, 0) is 28.7 Å². The molecule has 0 unspecified atom stereocenters. The number of pyridine rings is 1. The number of anilines is 1. The SMILES string of the molecule is Nc1nc(I)ccc1[N+](=O)[O-]. The van der Waals surface area contributed by atoms with Crippen LogP contribution in [-0.4, -0.2) is 9.91 Å². The quantitative estimate of drug-likeness (QED) is 0.357. The average molecular weight is 265 g/mol. The molecule has 0 amide bonds. The Balaban J connectivity index is 3.20. The molecule has 0 aliphatic rings. The summed E-state index contributed by atoms with van der Waals surface area (Å²) in [6.07, 6.45) is 0. The molecule has 0 saturated heterocycles. The molecule has 58 valence electrons. The van der Waals surface area contributed by atoms with Gasteiger partial charge in [-0.25, -0.2) is 4.98 Å². The summed E-state index contributed by atoms with van der Waals surface area (Å²) in [6, 6.07) is 2.87. The maximum absolute atomic E-state index is 10.2. The topological polar surface area (TPSA) is 82.0 Å². The minimum atomic E-state index is -0.557. The van der Waals surface area contributed by atoms with Crippen molar-refractivity contribution in [2.75, 3.05) is 5.73 Å². The Bertz CT molecular complexity index is 302.